The number of sulfonamides is 1. The number of anilines is 2. The van der Waals surface area contributed by atoms with Crippen LogP contribution in [0.2, 0.25) is 0 Å². The Labute approximate surface area is 141 Å². The highest BCUT2D eigenvalue weighted by Gasteiger charge is 2.26. The molecular formula is C16H19N5O2S. The van der Waals surface area contributed by atoms with Gasteiger partial charge in [-0.05, 0) is 41.8 Å². The number of rotatable bonds is 2. The summed E-state index contributed by atoms with van der Waals surface area (Å²) in [6, 6.07) is 5.71. The molecule has 2 aliphatic rings. The van der Waals surface area contributed by atoms with E-state index in [1.54, 1.807) is 7.05 Å². The minimum Gasteiger partial charge on any atom is -0.324 e. The van der Waals surface area contributed by atoms with Crippen molar-refractivity contribution in [1.82, 2.24) is 19.6 Å². The van der Waals surface area contributed by atoms with E-state index in [1.165, 1.54) is 9.87 Å². The summed E-state index contributed by atoms with van der Waals surface area (Å²) in [6.45, 7) is 2.12. The molecule has 2 aromatic rings. The molecule has 0 spiro atoms. The molecule has 0 bridgehead atoms. The van der Waals surface area contributed by atoms with Gasteiger partial charge < -0.3 is 10.6 Å². The highest BCUT2D eigenvalue weighted by Crippen LogP contribution is 2.27. The van der Waals surface area contributed by atoms with Crippen LogP contribution in [0.4, 0.5) is 11.6 Å². The SMILES string of the molecule is CN1Cc2cc(Nc3ncc4c(n3)CNCC4)ccc2CS1(=O)=O. The lowest BCUT2D eigenvalue weighted by atomic mass is 10.1. The Bertz CT molecular complexity index is 897. The van der Waals surface area contributed by atoms with Crippen molar-refractivity contribution >= 4 is 21.7 Å². The Morgan fingerprint density at radius 2 is 2.12 bits per heavy atom. The van der Waals surface area contributed by atoms with Gasteiger partial charge in [0, 0.05) is 32.0 Å². The maximum absolute atomic E-state index is 11.9. The standard InChI is InChI=1S/C16H19N5O2S/c1-21-9-13-6-14(3-2-12(13)10-24(21,22)23)19-16-18-7-11-4-5-17-8-15(11)20-16/h2-3,6-7,17H,4-5,8-10H2,1H3,(H,18,19,20). The van der Waals surface area contributed by atoms with E-state index in [0.29, 0.717) is 12.5 Å². The van der Waals surface area contributed by atoms with Crippen molar-refractivity contribution in [2.45, 2.75) is 25.3 Å². The zero-order valence-corrected chi connectivity index (χ0v) is 14.2. The van der Waals surface area contributed by atoms with Crippen molar-refractivity contribution in [2.24, 2.45) is 0 Å². The van der Waals surface area contributed by atoms with Crippen LogP contribution in [0.5, 0.6) is 0 Å². The van der Waals surface area contributed by atoms with E-state index < -0.39 is 10.0 Å². The van der Waals surface area contributed by atoms with Gasteiger partial charge in [-0.15, -0.1) is 0 Å². The molecule has 1 aromatic carbocycles. The van der Waals surface area contributed by atoms with Gasteiger partial charge in [0.25, 0.3) is 0 Å². The molecule has 0 saturated carbocycles. The summed E-state index contributed by atoms with van der Waals surface area (Å²) < 4.78 is 25.3. The molecule has 3 heterocycles. The van der Waals surface area contributed by atoms with Gasteiger partial charge in [-0.1, -0.05) is 6.07 Å². The monoisotopic (exact) mass is 345 g/mol. The largest absolute Gasteiger partial charge is 0.324 e. The fraction of sp³-hybridized carbons (Fsp3) is 0.375. The Balaban J connectivity index is 1.59. The minimum atomic E-state index is -3.18. The van der Waals surface area contributed by atoms with E-state index in [4.69, 9.17) is 0 Å². The van der Waals surface area contributed by atoms with Crippen molar-refractivity contribution in [2.75, 3.05) is 18.9 Å². The quantitative estimate of drug-likeness (QED) is 0.849. The van der Waals surface area contributed by atoms with Gasteiger partial charge in [0.15, 0.2) is 0 Å². The van der Waals surface area contributed by atoms with Crippen LogP contribution >= 0.6 is 0 Å². The number of benzene rings is 1. The summed E-state index contributed by atoms with van der Waals surface area (Å²) in [7, 11) is -1.57. The molecule has 0 amide bonds. The van der Waals surface area contributed by atoms with E-state index in [1.807, 2.05) is 24.4 Å². The van der Waals surface area contributed by atoms with E-state index in [0.717, 1.165) is 42.0 Å². The predicted molar refractivity (Wildman–Crippen MR) is 91.3 cm³/mol. The summed E-state index contributed by atoms with van der Waals surface area (Å²) in [4.78, 5) is 8.95. The lowest BCUT2D eigenvalue weighted by Crippen LogP contribution is -2.32. The molecule has 2 aliphatic heterocycles. The number of hydrogen-bond acceptors (Lipinski definition) is 6. The van der Waals surface area contributed by atoms with Gasteiger partial charge >= 0.3 is 0 Å². The lowest BCUT2D eigenvalue weighted by Gasteiger charge is -2.25. The Kier molecular flexibility index (Phi) is 3.75. The zero-order chi connectivity index (χ0) is 16.7. The van der Waals surface area contributed by atoms with Crippen LogP contribution in [0.15, 0.2) is 24.4 Å². The topological polar surface area (TPSA) is 87.2 Å². The van der Waals surface area contributed by atoms with Crippen molar-refractivity contribution in [1.29, 1.82) is 0 Å². The highest BCUT2D eigenvalue weighted by molar-refractivity contribution is 7.88. The van der Waals surface area contributed by atoms with E-state index >= 15 is 0 Å². The third kappa shape index (κ3) is 2.88. The van der Waals surface area contributed by atoms with Crippen LogP contribution in [-0.2, 0) is 35.3 Å². The molecule has 0 saturated heterocycles. The van der Waals surface area contributed by atoms with Crippen LogP contribution in [0.3, 0.4) is 0 Å². The molecule has 4 rings (SSSR count). The van der Waals surface area contributed by atoms with Gasteiger partial charge in [-0.25, -0.2) is 22.7 Å². The molecular weight excluding hydrogens is 326 g/mol. The maximum atomic E-state index is 11.9. The fourth-order valence-electron chi connectivity index (χ4n) is 3.06. The Morgan fingerprint density at radius 3 is 3.00 bits per heavy atom. The summed E-state index contributed by atoms with van der Waals surface area (Å²) in [5, 5.41) is 6.53. The van der Waals surface area contributed by atoms with E-state index in [2.05, 4.69) is 20.6 Å². The number of aromatic nitrogens is 2. The first-order valence-corrected chi connectivity index (χ1v) is 9.50. The highest BCUT2D eigenvalue weighted by atomic mass is 32.2. The maximum Gasteiger partial charge on any atom is 0.227 e. The molecule has 8 heteroatoms. The van der Waals surface area contributed by atoms with E-state index in [9.17, 15) is 8.42 Å². The Morgan fingerprint density at radius 1 is 1.25 bits per heavy atom. The number of nitrogens with one attached hydrogen (secondary N) is 2. The fourth-order valence-corrected chi connectivity index (χ4v) is 4.29. The molecule has 0 radical (unpaired) electrons. The minimum absolute atomic E-state index is 0.0557. The van der Waals surface area contributed by atoms with Gasteiger partial charge in [-0.2, -0.15) is 0 Å². The first-order valence-electron chi connectivity index (χ1n) is 7.90. The molecule has 126 valence electrons. The number of nitrogens with zero attached hydrogens (tertiary/aromatic N) is 3. The van der Waals surface area contributed by atoms with Crippen molar-refractivity contribution in [3.63, 3.8) is 0 Å². The van der Waals surface area contributed by atoms with Gasteiger partial charge in [0.2, 0.25) is 16.0 Å². The zero-order valence-electron chi connectivity index (χ0n) is 13.4. The summed E-state index contributed by atoms with van der Waals surface area (Å²) in [5.74, 6) is 0.620. The normalized spacial score (nSPS) is 19.4. The molecule has 1 aromatic heterocycles. The van der Waals surface area contributed by atoms with E-state index in [-0.39, 0.29) is 5.75 Å². The van der Waals surface area contributed by atoms with Gasteiger partial charge in [0.05, 0.1) is 11.4 Å². The molecule has 2 N–H and O–H groups in total. The number of fused-ring (bicyclic) bond motifs is 2. The third-order valence-electron chi connectivity index (χ3n) is 4.49. The first kappa shape index (κ1) is 15.5. The van der Waals surface area contributed by atoms with Crippen molar-refractivity contribution in [3.8, 4) is 0 Å². The average Bonchev–Trinajstić information content (AvgIpc) is 2.56. The van der Waals surface area contributed by atoms with Crippen molar-refractivity contribution in [3.05, 3.63) is 46.8 Å². The van der Waals surface area contributed by atoms with Crippen LogP contribution in [0, 0.1) is 0 Å². The smallest absolute Gasteiger partial charge is 0.227 e. The third-order valence-corrected chi connectivity index (χ3v) is 6.24. The molecule has 0 atom stereocenters. The second kappa shape index (κ2) is 5.80. The predicted octanol–water partition coefficient (Wildman–Crippen LogP) is 1.14. The summed E-state index contributed by atoms with van der Waals surface area (Å²) in [6.07, 6.45) is 2.83. The second-order valence-electron chi connectivity index (χ2n) is 6.21. The Hall–Kier alpha value is -2.03. The molecule has 7 nitrogen and oxygen atoms in total. The summed E-state index contributed by atoms with van der Waals surface area (Å²) in [5.41, 5.74) is 4.95. The molecule has 24 heavy (non-hydrogen) atoms. The summed E-state index contributed by atoms with van der Waals surface area (Å²) >= 11 is 0. The van der Waals surface area contributed by atoms with Crippen molar-refractivity contribution < 1.29 is 8.42 Å². The van der Waals surface area contributed by atoms with Gasteiger partial charge in [-0.3, -0.25) is 0 Å². The van der Waals surface area contributed by atoms with Gasteiger partial charge in [0.1, 0.15) is 0 Å². The van der Waals surface area contributed by atoms with Crippen LogP contribution in [-0.4, -0.2) is 36.3 Å². The van der Waals surface area contributed by atoms with Crippen LogP contribution < -0.4 is 10.6 Å². The second-order valence-corrected chi connectivity index (χ2v) is 8.29. The lowest BCUT2D eigenvalue weighted by molar-refractivity contribution is 0.455. The number of hydrogen-bond donors (Lipinski definition) is 2. The first-order chi connectivity index (χ1) is 11.5. The average molecular weight is 345 g/mol. The molecule has 0 aliphatic carbocycles. The van der Waals surface area contributed by atoms with Crippen LogP contribution in [0.25, 0.3) is 0 Å². The van der Waals surface area contributed by atoms with Crippen LogP contribution in [0.1, 0.15) is 22.4 Å². The molecule has 0 unspecified atom stereocenters. The molecule has 0 fully saturated rings.